The molecule has 3 heteroatoms. The summed E-state index contributed by atoms with van der Waals surface area (Å²) in [5.74, 6) is 0. The summed E-state index contributed by atoms with van der Waals surface area (Å²) >= 11 is 0. The van der Waals surface area contributed by atoms with E-state index in [4.69, 9.17) is 0 Å². The summed E-state index contributed by atoms with van der Waals surface area (Å²) in [6.45, 7) is 7.04. The number of rotatable bonds is 1. The molecule has 2 saturated heterocycles. The molecular weight excluding hydrogens is 150 g/mol. The van der Waals surface area contributed by atoms with Gasteiger partial charge in [-0.1, -0.05) is 0 Å². The molecule has 2 aliphatic rings. The lowest BCUT2D eigenvalue weighted by Gasteiger charge is -2.36. The van der Waals surface area contributed by atoms with E-state index < -0.39 is 0 Å². The predicted molar refractivity (Wildman–Crippen MR) is 50.1 cm³/mol. The highest BCUT2D eigenvalue weighted by Crippen LogP contribution is 2.12. The van der Waals surface area contributed by atoms with Crippen molar-refractivity contribution < 1.29 is 0 Å². The van der Waals surface area contributed by atoms with Crippen LogP contribution in [0.3, 0.4) is 0 Å². The molecule has 0 aliphatic carbocycles. The molecule has 0 aromatic heterocycles. The second kappa shape index (κ2) is 3.73. The zero-order chi connectivity index (χ0) is 8.39. The molecule has 2 N–H and O–H groups in total. The standard InChI is InChI=1S/C9H19N3/c1-8-7-12(6-5-10-8)9-3-2-4-11-9/h8-11H,2-7H2,1H3. The Balaban J connectivity index is 1.85. The van der Waals surface area contributed by atoms with Gasteiger partial charge >= 0.3 is 0 Å². The molecule has 0 aromatic rings. The fourth-order valence-corrected chi connectivity index (χ4v) is 2.22. The van der Waals surface area contributed by atoms with Gasteiger partial charge in [0.1, 0.15) is 0 Å². The van der Waals surface area contributed by atoms with Crippen LogP contribution in [0, 0.1) is 0 Å². The van der Waals surface area contributed by atoms with Crippen LogP contribution in [-0.4, -0.2) is 43.3 Å². The second-order valence-corrected chi connectivity index (χ2v) is 3.96. The minimum absolute atomic E-state index is 0.668. The monoisotopic (exact) mass is 169 g/mol. The van der Waals surface area contributed by atoms with Crippen LogP contribution in [0.5, 0.6) is 0 Å². The van der Waals surface area contributed by atoms with Crippen molar-refractivity contribution in [1.82, 2.24) is 15.5 Å². The average molecular weight is 169 g/mol. The number of hydrogen-bond acceptors (Lipinski definition) is 3. The molecule has 0 bridgehead atoms. The quantitative estimate of drug-likeness (QED) is 0.578. The van der Waals surface area contributed by atoms with Gasteiger partial charge in [-0.05, 0) is 26.3 Å². The molecule has 2 unspecified atom stereocenters. The van der Waals surface area contributed by atoms with Crippen LogP contribution in [-0.2, 0) is 0 Å². The molecule has 0 aromatic carbocycles. The second-order valence-electron chi connectivity index (χ2n) is 3.96. The van der Waals surface area contributed by atoms with Gasteiger partial charge in [0.05, 0.1) is 6.17 Å². The molecule has 0 radical (unpaired) electrons. The van der Waals surface area contributed by atoms with E-state index in [-0.39, 0.29) is 0 Å². The van der Waals surface area contributed by atoms with Crippen molar-refractivity contribution in [2.24, 2.45) is 0 Å². The summed E-state index contributed by atoms with van der Waals surface area (Å²) in [7, 11) is 0. The topological polar surface area (TPSA) is 27.3 Å². The Morgan fingerprint density at radius 2 is 2.17 bits per heavy atom. The van der Waals surface area contributed by atoms with Crippen LogP contribution in [0.2, 0.25) is 0 Å². The summed E-state index contributed by atoms with van der Waals surface area (Å²) in [5.41, 5.74) is 0. The number of piperazine rings is 1. The molecule has 12 heavy (non-hydrogen) atoms. The highest BCUT2D eigenvalue weighted by molar-refractivity contribution is 4.82. The molecule has 2 heterocycles. The van der Waals surface area contributed by atoms with Gasteiger partial charge in [-0.2, -0.15) is 0 Å². The van der Waals surface area contributed by atoms with Crippen molar-refractivity contribution in [1.29, 1.82) is 0 Å². The van der Waals surface area contributed by atoms with Gasteiger partial charge in [0.15, 0.2) is 0 Å². The van der Waals surface area contributed by atoms with Crippen molar-refractivity contribution in [2.45, 2.75) is 32.0 Å². The molecular formula is C9H19N3. The number of hydrogen-bond donors (Lipinski definition) is 2. The summed E-state index contributed by atoms with van der Waals surface area (Å²) in [5, 5.41) is 7.01. The molecule has 2 rings (SSSR count). The first-order chi connectivity index (χ1) is 5.86. The lowest BCUT2D eigenvalue weighted by Crippen LogP contribution is -2.55. The fourth-order valence-electron chi connectivity index (χ4n) is 2.22. The first-order valence-electron chi connectivity index (χ1n) is 5.07. The minimum Gasteiger partial charge on any atom is -0.312 e. The highest BCUT2D eigenvalue weighted by Gasteiger charge is 2.25. The van der Waals surface area contributed by atoms with E-state index in [1.807, 2.05) is 0 Å². The minimum atomic E-state index is 0.668. The lowest BCUT2D eigenvalue weighted by atomic mass is 10.2. The van der Waals surface area contributed by atoms with E-state index in [1.54, 1.807) is 0 Å². The zero-order valence-electron chi connectivity index (χ0n) is 7.84. The maximum atomic E-state index is 3.54. The molecule has 3 nitrogen and oxygen atoms in total. The third-order valence-corrected chi connectivity index (χ3v) is 2.88. The van der Waals surface area contributed by atoms with E-state index in [0.29, 0.717) is 12.2 Å². The molecule has 2 atom stereocenters. The fraction of sp³-hybridized carbons (Fsp3) is 1.00. The first kappa shape index (κ1) is 8.48. The van der Waals surface area contributed by atoms with Crippen LogP contribution in [0.25, 0.3) is 0 Å². The average Bonchev–Trinajstić information content (AvgIpc) is 2.56. The van der Waals surface area contributed by atoms with Gasteiger partial charge in [-0.15, -0.1) is 0 Å². The number of nitrogens with one attached hydrogen (secondary N) is 2. The van der Waals surface area contributed by atoms with E-state index >= 15 is 0 Å². The Morgan fingerprint density at radius 3 is 2.83 bits per heavy atom. The highest BCUT2D eigenvalue weighted by atomic mass is 15.3. The lowest BCUT2D eigenvalue weighted by molar-refractivity contribution is 0.137. The first-order valence-corrected chi connectivity index (χ1v) is 5.07. The summed E-state index contributed by atoms with van der Waals surface area (Å²) in [6, 6.07) is 0.668. The largest absolute Gasteiger partial charge is 0.312 e. The summed E-state index contributed by atoms with van der Waals surface area (Å²) < 4.78 is 0. The molecule has 2 fully saturated rings. The third-order valence-electron chi connectivity index (χ3n) is 2.88. The van der Waals surface area contributed by atoms with Gasteiger partial charge in [0, 0.05) is 25.7 Å². The molecule has 2 aliphatic heterocycles. The Hall–Kier alpha value is -0.120. The van der Waals surface area contributed by atoms with Crippen LogP contribution < -0.4 is 10.6 Å². The molecule has 0 spiro atoms. The van der Waals surface area contributed by atoms with Crippen molar-refractivity contribution in [3.05, 3.63) is 0 Å². The van der Waals surface area contributed by atoms with Crippen LogP contribution >= 0.6 is 0 Å². The molecule has 0 amide bonds. The van der Waals surface area contributed by atoms with Crippen LogP contribution in [0.4, 0.5) is 0 Å². The Labute approximate surface area is 74.5 Å². The third kappa shape index (κ3) is 1.79. The normalized spacial score (nSPS) is 38.8. The summed E-state index contributed by atoms with van der Waals surface area (Å²) in [6.07, 6.45) is 3.37. The van der Waals surface area contributed by atoms with Gasteiger partial charge in [-0.3, -0.25) is 4.90 Å². The maximum Gasteiger partial charge on any atom is 0.0598 e. The van der Waals surface area contributed by atoms with Gasteiger partial charge in [0.25, 0.3) is 0 Å². The van der Waals surface area contributed by atoms with Gasteiger partial charge < -0.3 is 10.6 Å². The van der Waals surface area contributed by atoms with Crippen molar-refractivity contribution in [3.8, 4) is 0 Å². The van der Waals surface area contributed by atoms with E-state index in [2.05, 4.69) is 22.5 Å². The van der Waals surface area contributed by atoms with E-state index in [1.165, 1.54) is 32.5 Å². The van der Waals surface area contributed by atoms with Crippen molar-refractivity contribution >= 4 is 0 Å². The Bertz CT molecular complexity index is 143. The van der Waals surface area contributed by atoms with Crippen molar-refractivity contribution in [2.75, 3.05) is 26.2 Å². The maximum absolute atomic E-state index is 3.54. The Morgan fingerprint density at radius 1 is 1.25 bits per heavy atom. The van der Waals surface area contributed by atoms with E-state index in [0.717, 1.165) is 6.54 Å². The Kier molecular flexibility index (Phi) is 2.63. The summed E-state index contributed by atoms with van der Waals surface area (Å²) in [4.78, 5) is 2.58. The SMILES string of the molecule is CC1CN(C2CCCN2)CCN1. The molecule has 70 valence electrons. The van der Waals surface area contributed by atoms with Crippen LogP contribution in [0.1, 0.15) is 19.8 Å². The van der Waals surface area contributed by atoms with Crippen LogP contribution in [0.15, 0.2) is 0 Å². The van der Waals surface area contributed by atoms with Gasteiger partial charge in [0.2, 0.25) is 0 Å². The molecule has 0 saturated carbocycles. The van der Waals surface area contributed by atoms with Gasteiger partial charge in [-0.25, -0.2) is 0 Å². The number of nitrogens with zero attached hydrogens (tertiary/aromatic N) is 1. The van der Waals surface area contributed by atoms with Crippen molar-refractivity contribution in [3.63, 3.8) is 0 Å². The van der Waals surface area contributed by atoms with E-state index in [9.17, 15) is 0 Å². The zero-order valence-corrected chi connectivity index (χ0v) is 7.84. The smallest absolute Gasteiger partial charge is 0.0598 e. The predicted octanol–water partition coefficient (Wildman–Crippen LogP) is -0.0104.